The molecule has 4 heteroatoms. The molecular formula is C15H14O2S2. The molecule has 0 aromatic heterocycles. The Kier molecular flexibility index (Phi) is 4.45. The molecule has 0 aliphatic carbocycles. The lowest BCUT2D eigenvalue weighted by Crippen LogP contribution is -1.95. The van der Waals surface area contributed by atoms with Gasteiger partial charge in [0.05, 0.1) is 4.90 Å². The van der Waals surface area contributed by atoms with Crippen molar-refractivity contribution in [2.75, 3.05) is 0 Å². The first-order valence-corrected chi connectivity index (χ1v) is 8.20. The molecule has 2 aromatic rings. The zero-order valence-electron chi connectivity index (χ0n) is 10.5. The molecule has 19 heavy (non-hydrogen) atoms. The third kappa shape index (κ3) is 3.98. The molecule has 0 radical (unpaired) electrons. The molecule has 0 saturated heterocycles. The van der Waals surface area contributed by atoms with Gasteiger partial charge in [-0.2, -0.15) is 0 Å². The molecule has 2 nitrogen and oxygen atoms in total. The quantitative estimate of drug-likeness (QED) is 0.797. The van der Waals surface area contributed by atoms with Crippen molar-refractivity contribution >= 4 is 21.6 Å². The lowest BCUT2D eigenvalue weighted by molar-refractivity contribution is 0.604. The van der Waals surface area contributed by atoms with Crippen LogP contribution in [0.4, 0.5) is 0 Å². The minimum atomic E-state index is -3.35. The second kappa shape index (κ2) is 6.08. The number of benzene rings is 2. The van der Waals surface area contributed by atoms with Crippen molar-refractivity contribution in [1.29, 1.82) is 0 Å². The van der Waals surface area contributed by atoms with Gasteiger partial charge in [0.25, 0.3) is 0 Å². The van der Waals surface area contributed by atoms with Crippen LogP contribution in [0.3, 0.4) is 0 Å². The van der Waals surface area contributed by atoms with Gasteiger partial charge < -0.3 is 0 Å². The Balaban J connectivity index is 2.11. The highest BCUT2D eigenvalue weighted by Gasteiger charge is 2.09. The minimum Gasteiger partial charge on any atom is -0.219 e. The van der Waals surface area contributed by atoms with Gasteiger partial charge in [0.1, 0.15) is 0 Å². The molecule has 0 N–H and O–H groups in total. The maximum atomic E-state index is 12.0. The van der Waals surface area contributed by atoms with E-state index in [1.807, 2.05) is 37.3 Å². The van der Waals surface area contributed by atoms with E-state index in [1.165, 1.54) is 17.2 Å². The van der Waals surface area contributed by atoms with E-state index in [4.69, 9.17) is 0 Å². The molecule has 0 spiro atoms. The summed E-state index contributed by atoms with van der Waals surface area (Å²) >= 11 is 1.39. The summed E-state index contributed by atoms with van der Waals surface area (Å²) < 4.78 is 24.1. The van der Waals surface area contributed by atoms with Gasteiger partial charge in [-0.25, -0.2) is 8.42 Å². The largest absolute Gasteiger partial charge is 0.219 e. The molecule has 0 bridgehead atoms. The molecule has 0 unspecified atom stereocenters. The number of hydrogen-bond donors (Lipinski definition) is 0. The Hall–Kier alpha value is -1.52. The molecule has 0 atom stereocenters. The van der Waals surface area contributed by atoms with E-state index < -0.39 is 9.84 Å². The minimum absolute atomic E-state index is 0.322. The van der Waals surface area contributed by atoms with Gasteiger partial charge in [-0.1, -0.05) is 47.7 Å². The van der Waals surface area contributed by atoms with Crippen molar-refractivity contribution < 1.29 is 8.42 Å². The molecule has 0 saturated carbocycles. The predicted octanol–water partition coefficient (Wildman–Crippen LogP) is 4.03. The molecule has 2 rings (SSSR count). The molecular weight excluding hydrogens is 276 g/mol. The maximum absolute atomic E-state index is 12.0. The van der Waals surface area contributed by atoms with Crippen molar-refractivity contribution in [3.8, 4) is 0 Å². The van der Waals surface area contributed by atoms with Crippen LogP contribution in [0.15, 0.2) is 75.2 Å². The smallest absolute Gasteiger partial charge is 0.200 e. The summed E-state index contributed by atoms with van der Waals surface area (Å²) in [5.41, 5.74) is 1.04. The fourth-order valence-electron chi connectivity index (χ4n) is 1.49. The van der Waals surface area contributed by atoms with Gasteiger partial charge >= 0.3 is 0 Å². The van der Waals surface area contributed by atoms with Gasteiger partial charge in [-0.3, -0.25) is 0 Å². The fourth-order valence-corrected chi connectivity index (χ4v) is 3.44. The number of rotatable bonds is 4. The Labute approximate surface area is 118 Å². The fraction of sp³-hybridized carbons (Fsp3) is 0.0667. The van der Waals surface area contributed by atoms with Crippen LogP contribution >= 0.6 is 11.8 Å². The second-order valence-corrected chi connectivity index (χ2v) is 6.87. The predicted molar refractivity (Wildman–Crippen MR) is 79.8 cm³/mol. The first kappa shape index (κ1) is 13.9. The first-order valence-electron chi connectivity index (χ1n) is 5.78. The van der Waals surface area contributed by atoms with Crippen molar-refractivity contribution in [3.63, 3.8) is 0 Å². The van der Waals surface area contributed by atoms with E-state index in [0.717, 1.165) is 10.5 Å². The highest BCUT2D eigenvalue weighted by atomic mass is 32.2. The molecule has 0 aliphatic rings. The van der Waals surface area contributed by atoms with Crippen LogP contribution in [-0.4, -0.2) is 8.42 Å². The second-order valence-electron chi connectivity index (χ2n) is 4.06. The number of aryl methyl sites for hydroxylation is 1. The summed E-state index contributed by atoms with van der Waals surface area (Å²) in [7, 11) is -3.35. The highest BCUT2D eigenvalue weighted by Crippen LogP contribution is 2.20. The summed E-state index contributed by atoms with van der Waals surface area (Å²) in [5, 5.41) is 2.85. The monoisotopic (exact) mass is 290 g/mol. The Bertz CT molecular complexity index is 657. The van der Waals surface area contributed by atoms with Crippen LogP contribution in [0, 0.1) is 6.92 Å². The van der Waals surface area contributed by atoms with Crippen molar-refractivity contribution in [2.24, 2.45) is 0 Å². The number of hydrogen-bond acceptors (Lipinski definition) is 3. The number of thioether (sulfide) groups is 1. The first-order chi connectivity index (χ1) is 9.08. The molecule has 0 heterocycles. The van der Waals surface area contributed by atoms with Gasteiger partial charge in [0.2, 0.25) is 0 Å². The van der Waals surface area contributed by atoms with Crippen molar-refractivity contribution in [3.05, 3.63) is 71.0 Å². The Morgan fingerprint density at radius 1 is 0.947 bits per heavy atom. The van der Waals surface area contributed by atoms with E-state index >= 15 is 0 Å². The summed E-state index contributed by atoms with van der Waals surface area (Å²) in [6.45, 7) is 1.93. The Morgan fingerprint density at radius 3 is 2.21 bits per heavy atom. The average Bonchev–Trinajstić information content (AvgIpc) is 2.40. The van der Waals surface area contributed by atoms with E-state index in [9.17, 15) is 8.42 Å². The van der Waals surface area contributed by atoms with Crippen LogP contribution in [0.2, 0.25) is 0 Å². The lowest BCUT2D eigenvalue weighted by atomic mass is 10.2. The SMILES string of the molecule is Cc1ccc(S(=O)(=O)/C=C\Sc2ccccc2)cc1. The molecule has 0 aliphatic heterocycles. The zero-order chi connectivity index (χ0) is 13.7. The molecule has 0 amide bonds. The van der Waals surface area contributed by atoms with Gasteiger partial charge in [0.15, 0.2) is 9.84 Å². The molecule has 0 fully saturated rings. The van der Waals surface area contributed by atoms with E-state index in [1.54, 1.807) is 29.7 Å². The average molecular weight is 290 g/mol. The summed E-state index contributed by atoms with van der Waals surface area (Å²) in [5.74, 6) is 0. The van der Waals surface area contributed by atoms with Crippen LogP contribution in [0.5, 0.6) is 0 Å². The molecule has 98 valence electrons. The van der Waals surface area contributed by atoms with Gasteiger partial charge in [-0.05, 0) is 36.6 Å². The van der Waals surface area contributed by atoms with E-state index in [0.29, 0.717) is 4.90 Å². The van der Waals surface area contributed by atoms with Crippen molar-refractivity contribution in [1.82, 2.24) is 0 Å². The Morgan fingerprint density at radius 2 is 1.58 bits per heavy atom. The normalized spacial score (nSPS) is 11.8. The molecule has 2 aromatic carbocycles. The highest BCUT2D eigenvalue weighted by molar-refractivity contribution is 8.03. The summed E-state index contributed by atoms with van der Waals surface area (Å²) in [6, 6.07) is 16.5. The van der Waals surface area contributed by atoms with Gasteiger partial charge in [0, 0.05) is 10.3 Å². The van der Waals surface area contributed by atoms with Crippen molar-refractivity contribution in [2.45, 2.75) is 16.7 Å². The van der Waals surface area contributed by atoms with E-state index in [-0.39, 0.29) is 0 Å². The van der Waals surface area contributed by atoms with Crippen LogP contribution < -0.4 is 0 Å². The summed E-state index contributed by atoms with van der Waals surface area (Å²) in [4.78, 5) is 1.33. The van der Waals surface area contributed by atoms with E-state index in [2.05, 4.69) is 0 Å². The summed E-state index contributed by atoms with van der Waals surface area (Å²) in [6.07, 6.45) is 0. The zero-order valence-corrected chi connectivity index (χ0v) is 12.1. The van der Waals surface area contributed by atoms with Gasteiger partial charge in [-0.15, -0.1) is 0 Å². The van der Waals surface area contributed by atoms with Crippen LogP contribution in [0.1, 0.15) is 5.56 Å². The van der Waals surface area contributed by atoms with Crippen LogP contribution in [0.25, 0.3) is 0 Å². The third-order valence-electron chi connectivity index (χ3n) is 2.53. The standard InChI is InChI=1S/C15H14O2S2/c1-13-7-9-15(10-8-13)19(16,17)12-11-18-14-5-3-2-4-6-14/h2-12H,1H3/b12-11-. The third-order valence-corrected chi connectivity index (χ3v) is 4.94. The lowest BCUT2D eigenvalue weighted by Gasteiger charge is -1.99. The maximum Gasteiger partial charge on any atom is 0.200 e. The topological polar surface area (TPSA) is 34.1 Å². The number of sulfone groups is 1. The van der Waals surface area contributed by atoms with Crippen LogP contribution in [-0.2, 0) is 9.84 Å².